The van der Waals surface area contributed by atoms with Crippen molar-refractivity contribution in [2.75, 3.05) is 10.6 Å². The number of rotatable bonds is 5. The van der Waals surface area contributed by atoms with Crippen LogP contribution in [-0.2, 0) is 0 Å². The lowest BCUT2D eigenvalue weighted by Crippen LogP contribution is -2.12. The van der Waals surface area contributed by atoms with E-state index in [1.807, 2.05) is 48.5 Å². The fourth-order valence-corrected chi connectivity index (χ4v) is 3.76. The SMILES string of the molecule is O=C(Nc1cccnc1)c1cc2ccc(-c3nccc(Nc4ccc5[nH]ncc5c4)n3)cc2[nH]1. The van der Waals surface area contributed by atoms with Gasteiger partial charge >= 0.3 is 0 Å². The van der Waals surface area contributed by atoms with Crippen molar-refractivity contribution < 1.29 is 4.79 Å². The summed E-state index contributed by atoms with van der Waals surface area (Å²) in [5, 5.41) is 15.1. The number of hydrogen-bond acceptors (Lipinski definition) is 6. The molecule has 0 unspecified atom stereocenters. The Morgan fingerprint density at radius 2 is 1.82 bits per heavy atom. The maximum Gasteiger partial charge on any atom is 0.272 e. The number of carbonyl (C=O) groups is 1. The number of pyridine rings is 1. The molecule has 34 heavy (non-hydrogen) atoms. The van der Waals surface area contributed by atoms with Crippen molar-refractivity contribution in [1.82, 2.24) is 30.1 Å². The number of fused-ring (bicyclic) bond motifs is 2. The topological polar surface area (TPSA) is 124 Å². The highest BCUT2D eigenvalue weighted by Crippen LogP contribution is 2.25. The number of nitrogens with one attached hydrogen (secondary N) is 4. The minimum Gasteiger partial charge on any atom is -0.350 e. The van der Waals surface area contributed by atoms with Crippen molar-refractivity contribution >= 4 is 44.9 Å². The van der Waals surface area contributed by atoms with Gasteiger partial charge in [0.1, 0.15) is 11.5 Å². The molecule has 9 nitrogen and oxygen atoms in total. The van der Waals surface area contributed by atoms with Gasteiger partial charge in [-0.25, -0.2) is 9.97 Å². The van der Waals surface area contributed by atoms with E-state index in [-0.39, 0.29) is 5.91 Å². The molecule has 0 atom stereocenters. The third-order valence-electron chi connectivity index (χ3n) is 5.41. The van der Waals surface area contributed by atoms with Crippen molar-refractivity contribution in [2.45, 2.75) is 0 Å². The highest BCUT2D eigenvalue weighted by Gasteiger charge is 2.12. The molecule has 0 fully saturated rings. The van der Waals surface area contributed by atoms with Crippen LogP contribution in [0.25, 0.3) is 33.2 Å². The lowest BCUT2D eigenvalue weighted by atomic mass is 10.1. The average molecular weight is 446 g/mol. The predicted molar refractivity (Wildman–Crippen MR) is 131 cm³/mol. The first-order valence-electron chi connectivity index (χ1n) is 10.6. The molecule has 4 aromatic heterocycles. The molecule has 6 aromatic rings. The summed E-state index contributed by atoms with van der Waals surface area (Å²) in [6, 6.07) is 18.9. The average Bonchev–Trinajstić information content (AvgIpc) is 3.51. The van der Waals surface area contributed by atoms with Gasteiger partial charge in [-0.3, -0.25) is 14.9 Å². The van der Waals surface area contributed by atoms with Crippen molar-refractivity contribution in [1.29, 1.82) is 0 Å². The molecule has 4 N–H and O–H groups in total. The number of aromatic amines is 2. The Morgan fingerprint density at radius 3 is 2.74 bits per heavy atom. The Labute approximate surface area is 193 Å². The predicted octanol–water partition coefficient (Wildman–Crippen LogP) is 4.89. The second-order valence-electron chi connectivity index (χ2n) is 7.74. The Kier molecular flexibility index (Phi) is 4.70. The van der Waals surface area contributed by atoms with Crippen molar-refractivity contribution in [3.8, 4) is 11.4 Å². The van der Waals surface area contributed by atoms with Crippen molar-refractivity contribution in [3.05, 3.63) is 91.1 Å². The zero-order valence-electron chi connectivity index (χ0n) is 17.8. The van der Waals surface area contributed by atoms with Crippen LogP contribution in [0.5, 0.6) is 0 Å². The number of hydrogen-bond donors (Lipinski definition) is 4. The van der Waals surface area contributed by atoms with Gasteiger partial charge in [0.05, 0.1) is 23.6 Å². The third-order valence-corrected chi connectivity index (χ3v) is 5.41. The fourth-order valence-electron chi connectivity index (χ4n) is 3.76. The summed E-state index contributed by atoms with van der Waals surface area (Å²) in [6.07, 6.45) is 6.75. The summed E-state index contributed by atoms with van der Waals surface area (Å²) in [5.74, 6) is 1.02. The second kappa shape index (κ2) is 8.14. The molecule has 0 saturated heterocycles. The summed E-state index contributed by atoms with van der Waals surface area (Å²) in [4.78, 5) is 28.9. The molecule has 0 bridgehead atoms. The Morgan fingerprint density at radius 1 is 0.853 bits per heavy atom. The molecule has 9 heteroatoms. The maximum absolute atomic E-state index is 12.6. The van der Waals surface area contributed by atoms with Gasteiger partial charge in [-0.1, -0.05) is 12.1 Å². The minimum atomic E-state index is -0.234. The number of amides is 1. The highest BCUT2D eigenvalue weighted by atomic mass is 16.1. The molecule has 0 spiro atoms. The molecule has 0 aliphatic carbocycles. The van der Waals surface area contributed by atoms with E-state index >= 15 is 0 Å². The van der Waals surface area contributed by atoms with Gasteiger partial charge in [0.2, 0.25) is 0 Å². The normalized spacial score (nSPS) is 11.1. The van der Waals surface area contributed by atoms with Crippen LogP contribution < -0.4 is 10.6 Å². The van der Waals surface area contributed by atoms with Gasteiger partial charge in [-0.15, -0.1) is 0 Å². The highest BCUT2D eigenvalue weighted by molar-refractivity contribution is 6.06. The fraction of sp³-hybridized carbons (Fsp3) is 0. The van der Waals surface area contributed by atoms with E-state index in [4.69, 9.17) is 0 Å². The lowest BCUT2D eigenvalue weighted by molar-refractivity contribution is 0.102. The van der Waals surface area contributed by atoms with Crippen LogP contribution in [0.1, 0.15) is 10.5 Å². The zero-order chi connectivity index (χ0) is 22.9. The van der Waals surface area contributed by atoms with Crippen molar-refractivity contribution in [2.24, 2.45) is 0 Å². The molecule has 0 aliphatic rings. The van der Waals surface area contributed by atoms with E-state index in [2.05, 4.69) is 40.8 Å². The lowest BCUT2D eigenvalue weighted by Gasteiger charge is -2.07. The van der Waals surface area contributed by atoms with Crippen LogP contribution in [0.3, 0.4) is 0 Å². The van der Waals surface area contributed by atoms with Crippen LogP contribution in [0.15, 0.2) is 85.5 Å². The summed E-state index contributed by atoms with van der Waals surface area (Å²) in [5.41, 5.74) is 4.63. The molecular formula is C25H18N8O. The summed E-state index contributed by atoms with van der Waals surface area (Å²) in [7, 11) is 0. The molecule has 1 amide bonds. The summed E-state index contributed by atoms with van der Waals surface area (Å²) >= 11 is 0. The molecule has 0 aliphatic heterocycles. The number of carbonyl (C=O) groups excluding carboxylic acids is 1. The monoisotopic (exact) mass is 446 g/mol. The molecule has 164 valence electrons. The van der Waals surface area contributed by atoms with E-state index in [1.54, 1.807) is 36.9 Å². The first kappa shape index (κ1) is 19.6. The molecule has 0 radical (unpaired) electrons. The van der Waals surface area contributed by atoms with Gasteiger partial charge in [0.15, 0.2) is 5.82 Å². The standard InChI is InChI=1S/C25H18N8O/c34-25(30-19-2-1-8-26-14-19)22-11-15-3-4-16(12-21(15)31-22)24-27-9-7-23(32-24)29-18-5-6-20-17(10-18)13-28-33-20/h1-14,31H,(H,28,33)(H,30,34)(H,27,29,32). The molecule has 6 rings (SSSR count). The van der Waals surface area contributed by atoms with Crippen LogP contribution in [-0.4, -0.2) is 36.0 Å². The largest absolute Gasteiger partial charge is 0.350 e. The van der Waals surface area contributed by atoms with E-state index in [0.717, 1.165) is 33.1 Å². The van der Waals surface area contributed by atoms with Gasteiger partial charge in [-0.2, -0.15) is 5.10 Å². The first-order chi connectivity index (χ1) is 16.7. The van der Waals surface area contributed by atoms with Gasteiger partial charge < -0.3 is 15.6 Å². The molecule has 4 heterocycles. The number of anilines is 3. The molecular weight excluding hydrogens is 428 g/mol. The van der Waals surface area contributed by atoms with Crippen molar-refractivity contribution in [3.63, 3.8) is 0 Å². The van der Waals surface area contributed by atoms with E-state index in [0.29, 0.717) is 23.0 Å². The Hall–Kier alpha value is -5.05. The van der Waals surface area contributed by atoms with E-state index < -0.39 is 0 Å². The van der Waals surface area contributed by atoms with Crippen LogP contribution >= 0.6 is 0 Å². The van der Waals surface area contributed by atoms with E-state index in [1.165, 1.54) is 0 Å². The second-order valence-corrected chi connectivity index (χ2v) is 7.74. The third kappa shape index (κ3) is 3.82. The quantitative estimate of drug-likeness (QED) is 0.299. The summed E-state index contributed by atoms with van der Waals surface area (Å²) in [6.45, 7) is 0. The maximum atomic E-state index is 12.6. The zero-order valence-corrected chi connectivity index (χ0v) is 17.8. The van der Waals surface area contributed by atoms with Crippen LogP contribution in [0, 0.1) is 0 Å². The number of nitrogens with zero attached hydrogens (tertiary/aromatic N) is 4. The number of benzene rings is 2. The van der Waals surface area contributed by atoms with Crippen LogP contribution in [0.2, 0.25) is 0 Å². The van der Waals surface area contributed by atoms with Gasteiger partial charge in [0, 0.05) is 39.9 Å². The smallest absolute Gasteiger partial charge is 0.272 e. The Balaban J connectivity index is 1.25. The Bertz CT molecular complexity index is 1640. The van der Waals surface area contributed by atoms with Gasteiger partial charge in [0.25, 0.3) is 5.91 Å². The summed E-state index contributed by atoms with van der Waals surface area (Å²) < 4.78 is 0. The number of aromatic nitrogens is 6. The minimum absolute atomic E-state index is 0.234. The number of H-pyrrole nitrogens is 2. The van der Waals surface area contributed by atoms with E-state index in [9.17, 15) is 4.79 Å². The molecule has 2 aromatic carbocycles. The van der Waals surface area contributed by atoms with Crippen LogP contribution in [0.4, 0.5) is 17.2 Å². The van der Waals surface area contributed by atoms with Gasteiger partial charge in [-0.05, 0) is 48.5 Å². The first-order valence-corrected chi connectivity index (χ1v) is 10.6. The molecule has 0 saturated carbocycles.